The van der Waals surface area contributed by atoms with Gasteiger partial charge in [-0.1, -0.05) is 207 Å². The molecule has 68 heavy (non-hydrogen) atoms. The summed E-state index contributed by atoms with van der Waals surface area (Å²) in [7, 11) is 5.95. The first-order valence-electron chi connectivity index (χ1n) is 26.9. The summed E-state index contributed by atoms with van der Waals surface area (Å²) in [4.78, 5) is 37.1. The van der Waals surface area contributed by atoms with Crippen LogP contribution in [-0.2, 0) is 33.3 Å². The Morgan fingerprint density at radius 3 is 1.25 bits per heavy atom. The maximum atomic E-state index is 12.8. The molecule has 0 heterocycles. The number of esters is 2. The number of carboxylic acids is 1. The fourth-order valence-corrected chi connectivity index (χ4v) is 6.97. The van der Waals surface area contributed by atoms with Gasteiger partial charge in [-0.2, -0.15) is 0 Å². The number of rotatable bonds is 48. The Labute approximate surface area is 416 Å². The molecule has 9 heteroatoms. The SMILES string of the molecule is CC/C=C\C/C=C\C/C=C\C/C=C\C/C=C\C/C=C\C/C=C\C/C=C\CCCCCCCCCCCCC(=O)OC(COC(=O)CCCCCCCCCC)COC(OCC[N+](C)(C)C)C(=O)O. The molecule has 0 fully saturated rings. The predicted molar refractivity (Wildman–Crippen MR) is 285 cm³/mol. The Kier molecular flexibility index (Phi) is 46.9. The number of quaternary nitrogens is 1. The molecule has 0 spiro atoms. The number of allylic oxidation sites excluding steroid dienone is 16. The molecule has 0 aromatic rings. The van der Waals surface area contributed by atoms with Gasteiger partial charge in [0.25, 0.3) is 6.29 Å². The van der Waals surface area contributed by atoms with Gasteiger partial charge in [-0.15, -0.1) is 0 Å². The van der Waals surface area contributed by atoms with Gasteiger partial charge >= 0.3 is 17.9 Å². The summed E-state index contributed by atoms with van der Waals surface area (Å²) in [6, 6.07) is 0. The lowest BCUT2D eigenvalue weighted by atomic mass is 10.0. The van der Waals surface area contributed by atoms with E-state index in [0.717, 1.165) is 96.3 Å². The zero-order valence-electron chi connectivity index (χ0n) is 44.0. The number of likely N-dealkylation sites (N-methyl/N-ethyl adjacent to an activating group) is 1. The van der Waals surface area contributed by atoms with Gasteiger partial charge in [-0.25, -0.2) is 4.79 Å². The second-order valence-corrected chi connectivity index (χ2v) is 18.8. The molecule has 1 N–H and O–H groups in total. The van der Waals surface area contributed by atoms with Crippen LogP contribution in [-0.4, -0.2) is 87.4 Å². The van der Waals surface area contributed by atoms with E-state index in [9.17, 15) is 19.5 Å². The highest BCUT2D eigenvalue weighted by Gasteiger charge is 2.25. The summed E-state index contributed by atoms with van der Waals surface area (Å²) in [5.41, 5.74) is 0. The van der Waals surface area contributed by atoms with Crippen LogP contribution in [0.15, 0.2) is 97.2 Å². The van der Waals surface area contributed by atoms with Crippen LogP contribution in [0.3, 0.4) is 0 Å². The molecule has 0 rings (SSSR count). The molecule has 0 saturated heterocycles. The van der Waals surface area contributed by atoms with Gasteiger partial charge in [0.2, 0.25) is 0 Å². The van der Waals surface area contributed by atoms with E-state index in [4.69, 9.17) is 18.9 Å². The summed E-state index contributed by atoms with van der Waals surface area (Å²) in [5.74, 6) is -2.02. The topological polar surface area (TPSA) is 108 Å². The fraction of sp³-hybridized carbons (Fsp3) is 0.678. The highest BCUT2D eigenvalue weighted by atomic mass is 16.7. The summed E-state index contributed by atoms with van der Waals surface area (Å²) in [6.07, 6.45) is 63.6. The Morgan fingerprint density at radius 1 is 0.456 bits per heavy atom. The summed E-state index contributed by atoms with van der Waals surface area (Å²) in [6.45, 7) is 4.70. The van der Waals surface area contributed by atoms with Crippen LogP contribution in [0.1, 0.15) is 200 Å². The molecular weight excluding hydrogens is 851 g/mol. The quantitative estimate of drug-likeness (QED) is 0.0211. The van der Waals surface area contributed by atoms with E-state index in [1.54, 1.807) is 0 Å². The van der Waals surface area contributed by atoms with Crippen molar-refractivity contribution >= 4 is 17.9 Å². The van der Waals surface area contributed by atoms with Crippen molar-refractivity contribution in [3.63, 3.8) is 0 Å². The monoisotopic (exact) mass is 951 g/mol. The van der Waals surface area contributed by atoms with Crippen molar-refractivity contribution in [2.24, 2.45) is 0 Å². The molecule has 2 unspecified atom stereocenters. The van der Waals surface area contributed by atoms with E-state index >= 15 is 0 Å². The summed E-state index contributed by atoms with van der Waals surface area (Å²) in [5, 5.41) is 9.64. The smallest absolute Gasteiger partial charge is 0.361 e. The lowest BCUT2D eigenvalue weighted by Crippen LogP contribution is -2.40. The van der Waals surface area contributed by atoms with Gasteiger partial charge in [0, 0.05) is 12.8 Å². The molecule has 2 atom stereocenters. The van der Waals surface area contributed by atoms with Crippen molar-refractivity contribution < 1.29 is 42.9 Å². The van der Waals surface area contributed by atoms with Crippen LogP contribution < -0.4 is 0 Å². The molecule has 0 aliphatic carbocycles. The van der Waals surface area contributed by atoms with Crippen molar-refractivity contribution in [3.05, 3.63) is 97.2 Å². The van der Waals surface area contributed by atoms with E-state index in [0.29, 0.717) is 23.9 Å². The maximum absolute atomic E-state index is 12.8. The number of ether oxygens (including phenoxy) is 4. The Balaban J connectivity index is 4.11. The van der Waals surface area contributed by atoms with Crippen LogP contribution >= 0.6 is 0 Å². The van der Waals surface area contributed by atoms with Gasteiger partial charge in [0.05, 0.1) is 34.4 Å². The number of hydrogen-bond acceptors (Lipinski definition) is 7. The van der Waals surface area contributed by atoms with Crippen molar-refractivity contribution in [1.29, 1.82) is 0 Å². The molecule has 9 nitrogen and oxygen atoms in total. The van der Waals surface area contributed by atoms with E-state index in [-0.39, 0.29) is 32.2 Å². The van der Waals surface area contributed by atoms with Crippen molar-refractivity contribution in [3.8, 4) is 0 Å². The fourth-order valence-electron chi connectivity index (χ4n) is 6.97. The van der Waals surface area contributed by atoms with Crippen LogP contribution in [0.5, 0.6) is 0 Å². The normalized spacial score (nSPS) is 13.6. The number of aliphatic carboxylic acids is 1. The highest BCUT2D eigenvalue weighted by molar-refractivity contribution is 5.71. The summed E-state index contributed by atoms with van der Waals surface area (Å²) >= 11 is 0. The maximum Gasteiger partial charge on any atom is 0.361 e. The second kappa shape index (κ2) is 49.6. The van der Waals surface area contributed by atoms with Crippen molar-refractivity contribution in [2.45, 2.75) is 212 Å². The third-order valence-corrected chi connectivity index (χ3v) is 11.1. The predicted octanol–water partition coefficient (Wildman–Crippen LogP) is 15.4. The lowest BCUT2D eigenvalue weighted by molar-refractivity contribution is -0.870. The number of carboxylic acid groups (broad SMARTS) is 1. The summed E-state index contributed by atoms with van der Waals surface area (Å²) < 4.78 is 22.7. The van der Waals surface area contributed by atoms with E-state index < -0.39 is 24.3 Å². The largest absolute Gasteiger partial charge is 0.477 e. The molecule has 0 radical (unpaired) electrons. The van der Waals surface area contributed by atoms with Crippen LogP contribution in [0.25, 0.3) is 0 Å². The Hall–Kier alpha value is -3.79. The minimum absolute atomic E-state index is 0.184. The first-order chi connectivity index (χ1) is 33.1. The molecule has 388 valence electrons. The van der Waals surface area contributed by atoms with Gasteiger partial charge in [-0.05, 0) is 77.0 Å². The standard InChI is InChI=1S/C59H99NO8/c1-6-8-10-12-14-16-17-18-19-20-21-22-23-24-25-26-27-28-29-30-31-32-33-34-35-36-37-38-39-40-41-42-44-46-48-50-57(62)68-55(54-67-59(58(63)64)65-52-51-60(3,4)5)53-66-56(61)49-47-45-43-15-13-11-9-7-2/h8,10,14,16,18-19,21-22,24-25,27-28,30-31,33-34,55,59H,6-7,9,11-13,15,17,20,23,26,29,32,35-54H2,1-5H3/p+1/b10-8-,16-14-,19-18-,22-21-,25-24-,28-27-,31-30-,34-33-. The minimum atomic E-state index is -1.51. The third-order valence-electron chi connectivity index (χ3n) is 11.1. The number of carbonyl (C=O) groups is 3. The molecule has 0 aromatic carbocycles. The molecule has 0 amide bonds. The average Bonchev–Trinajstić information content (AvgIpc) is 3.30. The number of nitrogens with zero attached hydrogens (tertiary/aromatic N) is 1. The van der Waals surface area contributed by atoms with Gasteiger partial charge < -0.3 is 28.5 Å². The van der Waals surface area contributed by atoms with Crippen LogP contribution in [0.4, 0.5) is 0 Å². The van der Waals surface area contributed by atoms with Crippen molar-refractivity contribution in [1.82, 2.24) is 0 Å². The van der Waals surface area contributed by atoms with E-state index in [1.165, 1.54) is 70.6 Å². The average molecular weight is 951 g/mol. The zero-order chi connectivity index (χ0) is 49.9. The van der Waals surface area contributed by atoms with Crippen LogP contribution in [0, 0.1) is 0 Å². The Bertz CT molecular complexity index is 1430. The molecular formula is C59H100NO8+. The highest BCUT2D eigenvalue weighted by Crippen LogP contribution is 2.14. The molecule has 0 aliphatic heterocycles. The number of carbonyl (C=O) groups excluding carboxylic acids is 2. The number of unbranched alkanes of at least 4 members (excludes halogenated alkanes) is 17. The van der Waals surface area contributed by atoms with E-state index in [2.05, 4.69) is 111 Å². The van der Waals surface area contributed by atoms with Gasteiger partial charge in [-0.3, -0.25) is 9.59 Å². The first kappa shape index (κ1) is 64.2. The first-order valence-corrected chi connectivity index (χ1v) is 26.9. The van der Waals surface area contributed by atoms with Gasteiger partial charge in [0.15, 0.2) is 6.10 Å². The van der Waals surface area contributed by atoms with Crippen LogP contribution in [0.2, 0.25) is 0 Å². The Morgan fingerprint density at radius 2 is 0.838 bits per heavy atom. The van der Waals surface area contributed by atoms with Gasteiger partial charge in [0.1, 0.15) is 13.2 Å². The number of hydrogen-bond donors (Lipinski definition) is 1. The second-order valence-electron chi connectivity index (χ2n) is 18.8. The molecule has 0 bridgehead atoms. The van der Waals surface area contributed by atoms with Crippen molar-refractivity contribution in [2.75, 3.05) is 47.5 Å². The minimum Gasteiger partial charge on any atom is -0.477 e. The lowest BCUT2D eigenvalue weighted by Gasteiger charge is -2.25. The van der Waals surface area contributed by atoms with E-state index in [1.807, 2.05) is 21.1 Å². The zero-order valence-corrected chi connectivity index (χ0v) is 44.0. The molecule has 0 aromatic heterocycles. The third kappa shape index (κ3) is 50.1. The molecule has 0 aliphatic rings. The molecule has 0 saturated carbocycles.